The Morgan fingerprint density at radius 1 is 1.28 bits per heavy atom. The fraction of sp³-hybridized carbons (Fsp3) is 0.846. The first kappa shape index (κ1) is 17.3. The molecule has 0 rings (SSSR count). The van der Waals surface area contributed by atoms with Crippen LogP contribution in [0.4, 0.5) is 0 Å². The Balaban J connectivity index is 3.74. The lowest BCUT2D eigenvalue weighted by Crippen LogP contribution is -2.30. The summed E-state index contributed by atoms with van der Waals surface area (Å²) in [6, 6.07) is 0. The number of amides is 1. The lowest BCUT2D eigenvalue weighted by Gasteiger charge is -2.19. The van der Waals surface area contributed by atoms with Gasteiger partial charge in [-0.2, -0.15) is 11.8 Å². The van der Waals surface area contributed by atoms with Gasteiger partial charge < -0.3 is 10.1 Å². The summed E-state index contributed by atoms with van der Waals surface area (Å²) in [5.74, 6) is 1.06. The number of thioether (sulfide) groups is 1. The zero-order valence-electron chi connectivity index (χ0n) is 12.0. The molecule has 0 aromatic rings. The molecular formula is C13H25NO3S. The van der Waals surface area contributed by atoms with Gasteiger partial charge >= 0.3 is 5.97 Å². The number of rotatable bonds is 7. The Morgan fingerprint density at radius 2 is 1.89 bits per heavy atom. The van der Waals surface area contributed by atoms with Gasteiger partial charge in [-0.15, -0.1) is 0 Å². The summed E-state index contributed by atoms with van der Waals surface area (Å²) in [6.07, 6.45) is 2.38. The summed E-state index contributed by atoms with van der Waals surface area (Å²) >= 11 is 1.76. The summed E-state index contributed by atoms with van der Waals surface area (Å²) in [5, 5.41) is 2.83. The van der Waals surface area contributed by atoms with E-state index in [1.165, 1.54) is 0 Å². The Labute approximate surface area is 114 Å². The number of hydrogen-bond acceptors (Lipinski definition) is 4. The van der Waals surface area contributed by atoms with E-state index in [-0.39, 0.29) is 24.7 Å². The molecule has 0 aromatic carbocycles. The molecule has 0 aliphatic heterocycles. The van der Waals surface area contributed by atoms with Gasteiger partial charge in [0.25, 0.3) is 0 Å². The molecule has 0 bridgehead atoms. The van der Waals surface area contributed by atoms with Gasteiger partial charge in [0.1, 0.15) is 5.60 Å². The number of nitrogens with one attached hydrogen (secondary N) is 1. The van der Waals surface area contributed by atoms with Crippen molar-refractivity contribution in [2.75, 3.05) is 18.6 Å². The van der Waals surface area contributed by atoms with Crippen LogP contribution in [0.1, 0.15) is 40.5 Å². The quantitative estimate of drug-likeness (QED) is 0.724. The largest absolute Gasteiger partial charge is 0.460 e. The monoisotopic (exact) mass is 275 g/mol. The maximum atomic E-state index is 11.5. The van der Waals surface area contributed by atoms with E-state index in [1.54, 1.807) is 11.8 Å². The molecule has 0 saturated heterocycles. The third kappa shape index (κ3) is 10.4. The topological polar surface area (TPSA) is 55.4 Å². The van der Waals surface area contributed by atoms with E-state index in [0.29, 0.717) is 12.5 Å². The van der Waals surface area contributed by atoms with Crippen molar-refractivity contribution in [1.82, 2.24) is 5.32 Å². The maximum Gasteiger partial charge on any atom is 0.306 e. The Bertz CT molecular complexity index is 274. The predicted octanol–water partition coefficient (Wildman–Crippen LogP) is 2.22. The molecular weight excluding hydrogens is 250 g/mol. The van der Waals surface area contributed by atoms with Crippen LogP contribution in [-0.4, -0.2) is 36.0 Å². The van der Waals surface area contributed by atoms with Gasteiger partial charge in [-0.25, -0.2) is 0 Å². The van der Waals surface area contributed by atoms with Gasteiger partial charge in [-0.1, -0.05) is 6.92 Å². The molecule has 0 radical (unpaired) electrons. The van der Waals surface area contributed by atoms with Crippen LogP contribution in [-0.2, 0) is 14.3 Å². The molecule has 0 saturated carbocycles. The third-order valence-electron chi connectivity index (χ3n) is 2.08. The Kier molecular flexibility index (Phi) is 8.07. The summed E-state index contributed by atoms with van der Waals surface area (Å²) in [5.41, 5.74) is -0.486. The summed E-state index contributed by atoms with van der Waals surface area (Å²) in [7, 11) is 0. The van der Waals surface area contributed by atoms with Gasteiger partial charge in [-0.05, 0) is 38.7 Å². The SMILES string of the molecule is CSCC(C)CNC(=O)CCC(=O)OC(C)(C)C. The first-order valence-corrected chi connectivity index (χ1v) is 7.61. The van der Waals surface area contributed by atoms with Crippen molar-refractivity contribution in [3.8, 4) is 0 Å². The Hall–Kier alpha value is -0.710. The molecule has 1 amide bonds. The molecule has 4 nitrogen and oxygen atoms in total. The highest BCUT2D eigenvalue weighted by molar-refractivity contribution is 7.98. The minimum Gasteiger partial charge on any atom is -0.460 e. The van der Waals surface area contributed by atoms with Crippen LogP contribution in [0, 0.1) is 5.92 Å². The first-order valence-electron chi connectivity index (χ1n) is 6.22. The molecule has 1 atom stereocenters. The van der Waals surface area contributed by atoms with Crippen molar-refractivity contribution < 1.29 is 14.3 Å². The molecule has 0 aliphatic rings. The number of ether oxygens (including phenoxy) is 1. The first-order chi connectivity index (χ1) is 8.24. The van der Waals surface area contributed by atoms with Gasteiger partial charge in [0.05, 0.1) is 6.42 Å². The van der Waals surface area contributed by atoms with E-state index in [9.17, 15) is 9.59 Å². The van der Waals surface area contributed by atoms with Gasteiger partial charge in [0.2, 0.25) is 5.91 Å². The lowest BCUT2D eigenvalue weighted by atomic mass is 10.2. The van der Waals surface area contributed by atoms with E-state index in [2.05, 4.69) is 12.2 Å². The van der Waals surface area contributed by atoms with Crippen LogP contribution in [0.25, 0.3) is 0 Å². The highest BCUT2D eigenvalue weighted by Gasteiger charge is 2.17. The van der Waals surface area contributed by atoms with Crippen molar-refractivity contribution >= 4 is 23.6 Å². The summed E-state index contributed by atoms with van der Waals surface area (Å²) < 4.78 is 5.13. The van der Waals surface area contributed by atoms with Gasteiger partial charge in [0.15, 0.2) is 0 Å². The second-order valence-corrected chi connectivity index (χ2v) is 6.36. The minimum atomic E-state index is -0.486. The standard InChI is InChI=1S/C13H25NO3S/c1-10(9-18-5)8-14-11(15)6-7-12(16)17-13(2,3)4/h10H,6-9H2,1-5H3,(H,14,15). The number of carbonyl (C=O) groups is 2. The fourth-order valence-electron chi connectivity index (χ4n) is 1.33. The number of carbonyl (C=O) groups excluding carboxylic acids is 2. The van der Waals surface area contributed by atoms with E-state index >= 15 is 0 Å². The average Bonchev–Trinajstić information content (AvgIpc) is 2.21. The molecule has 5 heteroatoms. The fourth-order valence-corrected chi connectivity index (χ4v) is 2.01. The van der Waals surface area contributed by atoms with Crippen molar-refractivity contribution in [1.29, 1.82) is 0 Å². The van der Waals surface area contributed by atoms with Gasteiger partial charge in [-0.3, -0.25) is 9.59 Å². The molecule has 106 valence electrons. The second kappa shape index (κ2) is 8.40. The van der Waals surface area contributed by atoms with Crippen molar-refractivity contribution in [2.45, 2.75) is 46.1 Å². The zero-order chi connectivity index (χ0) is 14.2. The van der Waals surface area contributed by atoms with Crippen LogP contribution < -0.4 is 5.32 Å². The van der Waals surface area contributed by atoms with Crippen LogP contribution >= 0.6 is 11.8 Å². The van der Waals surface area contributed by atoms with E-state index < -0.39 is 5.60 Å². The molecule has 0 aromatic heterocycles. The molecule has 0 aliphatic carbocycles. The minimum absolute atomic E-state index is 0.0891. The smallest absolute Gasteiger partial charge is 0.306 e. The van der Waals surface area contributed by atoms with E-state index in [1.807, 2.05) is 27.0 Å². The van der Waals surface area contributed by atoms with Crippen LogP contribution in [0.15, 0.2) is 0 Å². The highest BCUT2D eigenvalue weighted by atomic mass is 32.2. The molecule has 0 heterocycles. The van der Waals surface area contributed by atoms with Crippen LogP contribution in [0.5, 0.6) is 0 Å². The van der Waals surface area contributed by atoms with Crippen molar-refractivity contribution in [2.24, 2.45) is 5.92 Å². The third-order valence-corrected chi connectivity index (χ3v) is 2.98. The molecule has 1 unspecified atom stereocenters. The summed E-state index contributed by atoms with van der Waals surface area (Å²) in [6.45, 7) is 8.19. The lowest BCUT2D eigenvalue weighted by molar-refractivity contribution is -0.155. The van der Waals surface area contributed by atoms with Crippen molar-refractivity contribution in [3.63, 3.8) is 0 Å². The van der Waals surface area contributed by atoms with E-state index in [0.717, 1.165) is 5.75 Å². The average molecular weight is 275 g/mol. The summed E-state index contributed by atoms with van der Waals surface area (Å²) in [4.78, 5) is 22.9. The van der Waals surface area contributed by atoms with Crippen molar-refractivity contribution in [3.05, 3.63) is 0 Å². The second-order valence-electron chi connectivity index (χ2n) is 5.45. The Morgan fingerprint density at radius 3 is 2.39 bits per heavy atom. The van der Waals surface area contributed by atoms with Gasteiger partial charge in [0, 0.05) is 13.0 Å². The zero-order valence-corrected chi connectivity index (χ0v) is 12.9. The predicted molar refractivity (Wildman–Crippen MR) is 75.6 cm³/mol. The molecule has 0 spiro atoms. The number of esters is 1. The van der Waals surface area contributed by atoms with Crippen LogP contribution in [0.3, 0.4) is 0 Å². The molecule has 1 N–H and O–H groups in total. The van der Waals surface area contributed by atoms with E-state index in [4.69, 9.17) is 4.74 Å². The molecule has 0 fully saturated rings. The maximum absolute atomic E-state index is 11.5. The normalized spacial score (nSPS) is 12.9. The highest BCUT2D eigenvalue weighted by Crippen LogP contribution is 2.09. The number of hydrogen-bond donors (Lipinski definition) is 1. The van der Waals surface area contributed by atoms with Crippen LogP contribution in [0.2, 0.25) is 0 Å². The molecule has 18 heavy (non-hydrogen) atoms.